The van der Waals surface area contributed by atoms with Crippen LogP contribution in [0.5, 0.6) is 0 Å². The molecule has 18 heavy (non-hydrogen) atoms. The van der Waals surface area contributed by atoms with Gasteiger partial charge in [0.1, 0.15) is 5.52 Å². The highest BCUT2D eigenvalue weighted by Crippen LogP contribution is 2.18. The Morgan fingerprint density at radius 3 is 3.22 bits per heavy atom. The van der Waals surface area contributed by atoms with E-state index in [1.807, 2.05) is 0 Å². The molecule has 9 heteroatoms. The van der Waals surface area contributed by atoms with E-state index in [0.717, 1.165) is 11.6 Å². The van der Waals surface area contributed by atoms with E-state index in [-0.39, 0.29) is 23.1 Å². The van der Waals surface area contributed by atoms with Gasteiger partial charge in [0.15, 0.2) is 10.8 Å². The zero-order valence-electron chi connectivity index (χ0n) is 9.11. The molecule has 1 atom stereocenters. The van der Waals surface area contributed by atoms with Gasteiger partial charge < -0.3 is 4.98 Å². The SMILES string of the molecule is O=C(Nc1nc(Cl)c2[nH]cnc2n1)C1CSCN1. The van der Waals surface area contributed by atoms with E-state index < -0.39 is 0 Å². The van der Waals surface area contributed by atoms with Crippen molar-refractivity contribution in [2.24, 2.45) is 0 Å². The molecule has 1 aliphatic heterocycles. The molecule has 0 spiro atoms. The quantitative estimate of drug-likeness (QED) is 0.699. The van der Waals surface area contributed by atoms with E-state index in [4.69, 9.17) is 11.6 Å². The number of thioether (sulfide) groups is 1. The van der Waals surface area contributed by atoms with E-state index >= 15 is 0 Å². The minimum absolute atomic E-state index is 0.161. The van der Waals surface area contributed by atoms with Crippen molar-refractivity contribution >= 4 is 46.4 Å². The van der Waals surface area contributed by atoms with Crippen molar-refractivity contribution in [1.82, 2.24) is 25.3 Å². The molecule has 3 rings (SSSR count). The van der Waals surface area contributed by atoms with Crippen molar-refractivity contribution in [3.8, 4) is 0 Å². The molecule has 2 aromatic rings. The number of imidazole rings is 1. The largest absolute Gasteiger partial charge is 0.341 e. The molecular formula is C9H9ClN6OS. The van der Waals surface area contributed by atoms with Crippen molar-refractivity contribution in [3.63, 3.8) is 0 Å². The fourth-order valence-corrected chi connectivity index (χ4v) is 2.78. The van der Waals surface area contributed by atoms with Gasteiger partial charge in [-0.2, -0.15) is 9.97 Å². The summed E-state index contributed by atoms with van der Waals surface area (Å²) < 4.78 is 0. The number of hydrogen-bond donors (Lipinski definition) is 3. The minimum Gasteiger partial charge on any atom is -0.341 e. The second-order valence-corrected chi connectivity index (χ2v) is 5.09. The average molecular weight is 285 g/mol. The number of nitrogens with one attached hydrogen (secondary N) is 3. The van der Waals surface area contributed by atoms with Crippen LogP contribution in [-0.4, -0.2) is 43.5 Å². The average Bonchev–Trinajstić information content (AvgIpc) is 2.99. The number of hydrogen-bond acceptors (Lipinski definition) is 6. The molecule has 1 aliphatic rings. The predicted molar refractivity (Wildman–Crippen MR) is 69.6 cm³/mol. The topological polar surface area (TPSA) is 95.6 Å². The molecule has 2 aromatic heterocycles. The number of carbonyl (C=O) groups excluding carboxylic acids is 1. The summed E-state index contributed by atoms with van der Waals surface area (Å²) in [6.07, 6.45) is 1.48. The Kier molecular flexibility index (Phi) is 3.06. The minimum atomic E-state index is -0.216. The van der Waals surface area contributed by atoms with Crippen LogP contribution in [0.3, 0.4) is 0 Å². The van der Waals surface area contributed by atoms with Gasteiger partial charge >= 0.3 is 0 Å². The molecule has 0 bridgehead atoms. The summed E-state index contributed by atoms with van der Waals surface area (Å²) in [6.45, 7) is 0. The van der Waals surface area contributed by atoms with Crippen molar-refractivity contribution in [2.75, 3.05) is 16.9 Å². The number of nitrogens with zero attached hydrogens (tertiary/aromatic N) is 3. The second kappa shape index (κ2) is 4.71. The maximum absolute atomic E-state index is 11.9. The normalized spacial score (nSPS) is 19.3. The molecule has 0 saturated carbocycles. The Labute approximate surface area is 111 Å². The van der Waals surface area contributed by atoms with Gasteiger partial charge in [-0.25, -0.2) is 4.98 Å². The van der Waals surface area contributed by atoms with Crippen LogP contribution in [0, 0.1) is 0 Å². The third kappa shape index (κ3) is 2.14. The number of rotatable bonds is 2. The number of aromatic nitrogens is 4. The van der Waals surface area contributed by atoms with Crippen LogP contribution in [0.2, 0.25) is 5.15 Å². The molecular weight excluding hydrogens is 276 g/mol. The van der Waals surface area contributed by atoms with Crippen LogP contribution in [0.15, 0.2) is 6.33 Å². The maximum atomic E-state index is 11.9. The highest BCUT2D eigenvalue weighted by atomic mass is 35.5. The van der Waals surface area contributed by atoms with Crippen LogP contribution in [0.25, 0.3) is 11.2 Å². The molecule has 3 N–H and O–H groups in total. The standard InChI is InChI=1S/C9H9ClN6OS/c10-6-5-7(12-2-11-5)15-9(14-6)16-8(17)4-1-18-3-13-4/h2,4,13H,1,3H2,(H2,11,12,14,15,16,17). The number of anilines is 1. The molecule has 94 valence electrons. The first-order valence-corrected chi connectivity index (χ1v) is 6.76. The molecule has 0 radical (unpaired) electrons. The van der Waals surface area contributed by atoms with Crippen LogP contribution >= 0.6 is 23.4 Å². The molecule has 1 saturated heterocycles. The van der Waals surface area contributed by atoms with Crippen molar-refractivity contribution in [1.29, 1.82) is 0 Å². The Morgan fingerprint density at radius 2 is 2.44 bits per heavy atom. The first-order valence-electron chi connectivity index (χ1n) is 5.22. The van der Waals surface area contributed by atoms with Gasteiger partial charge in [-0.15, -0.1) is 11.8 Å². The van der Waals surface area contributed by atoms with Crippen molar-refractivity contribution < 1.29 is 4.79 Å². The van der Waals surface area contributed by atoms with E-state index in [9.17, 15) is 4.79 Å². The monoisotopic (exact) mass is 284 g/mol. The van der Waals surface area contributed by atoms with Gasteiger partial charge in [-0.1, -0.05) is 11.6 Å². The third-order valence-corrected chi connectivity index (χ3v) is 3.72. The molecule has 1 fully saturated rings. The van der Waals surface area contributed by atoms with Gasteiger partial charge in [-0.3, -0.25) is 15.4 Å². The van der Waals surface area contributed by atoms with Gasteiger partial charge in [0.05, 0.1) is 12.4 Å². The summed E-state index contributed by atoms with van der Waals surface area (Å²) in [5.41, 5.74) is 0.989. The van der Waals surface area contributed by atoms with Crippen LogP contribution < -0.4 is 10.6 Å². The summed E-state index contributed by atoms with van der Waals surface area (Å²) in [5, 5.41) is 5.93. The number of halogens is 1. The number of amides is 1. The van der Waals surface area contributed by atoms with E-state index in [1.165, 1.54) is 6.33 Å². The van der Waals surface area contributed by atoms with Gasteiger partial charge in [0.25, 0.3) is 0 Å². The number of aromatic amines is 1. The molecule has 1 unspecified atom stereocenters. The fraction of sp³-hybridized carbons (Fsp3) is 0.333. The van der Waals surface area contributed by atoms with E-state index in [1.54, 1.807) is 11.8 Å². The maximum Gasteiger partial charge on any atom is 0.244 e. The predicted octanol–water partition coefficient (Wildman–Crippen LogP) is 0.607. The molecule has 7 nitrogen and oxygen atoms in total. The first-order chi connectivity index (χ1) is 8.74. The van der Waals surface area contributed by atoms with E-state index in [0.29, 0.717) is 11.2 Å². The molecule has 1 amide bonds. The highest BCUT2D eigenvalue weighted by molar-refractivity contribution is 7.99. The Hall–Kier alpha value is -1.38. The molecule has 3 heterocycles. The smallest absolute Gasteiger partial charge is 0.244 e. The lowest BCUT2D eigenvalue weighted by Crippen LogP contribution is -2.37. The number of carbonyl (C=O) groups is 1. The van der Waals surface area contributed by atoms with Gasteiger partial charge in [-0.05, 0) is 0 Å². The van der Waals surface area contributed by atoms with E-state index in [2.05, 4.69) is 30.6 Å². The summed E-state index contributed by atoms with van der Waals surface area (Å²) in [4.78, 5) is 26.8. The van der Waals surface area contributed by atoms with Crippen molar-refractivity contribution in [3.05, 3.63) is 11.5 Å². The highest BCUT2D eigenvalue weighted by Gasteiger charge is 2.23. The Bertz CT molecular complexity index is 596. The zero-order valence-corrected chi connectivity index (χ0v) is 10.7. The van der Waals surface area contributed by atoms with Crippen molar-refractivity contribution in [2.45, 2.75) is 6.04 Å². The zero-order chi connectivity index (χ0) is 12.5. The number of fused-ring (bicyclic) bond motifs is 1. The van der Waals surface area contributed by atoms with Crippen LogP contribution in [0.4, 0.5) is 5.95 Å². The molecule has 0 aliphatic carbocycles. The second-order valence-electron chi connectivity index (χ2n) is 3.70. The summed E-state index contributed by atoms with van der Waals surface area (Å²) >= 11 is 7.63. The van der Waals surface area contributed by atoms with Gasteiger partial charge in [0, 0.05) is 11.6 Å². The van der Waals surface area contributed by atoms with Crippen LogP contribution in [-0.2, 0) is 4.79 Å². The fourth-order valence-electron chi connectivity index (χ4n) is 1.61. The van der Waals surface area contributed by atoms with Crippen LogP contribution in [0.1, 0.15) is 0 Å². The van der Waals surface area contributed by atoms with Gasteiger partial charge in [0.2, 0.25) is 11.9 Å². The summed E-state index contributed by atoms with van der Waals surface area (Å²) in [5.74, 6) is 1.52. The third-order valence-electron chi connectivity index (χ3n) is 2.51. The lowest BCUT2D eigenvalue weighted by atomic mass is 10.3. The summed E-state index contributed by atoms with van der Waals surface area (Å²) in [7, 11) is 0. The lowest BCUT2D eigenvalue weighted by Gasteiger charge is -2.09. The lowest BCUT2D eigenvalue weighted by molar-refractivity contribution is -0.117. The summed E-state index contributed by atoms with van der Waals surface area (Å²) in [6, 6.07) is -0.216. The Morgan fingerprint density at radius 1 is 1.56 bits per heavy atom. The first kappa shape index (κ1) is 11.7. The Balaban J connectivity index is 1.83. The number of H-pyrrole nitrogens is 1. The molecule has 0 aromatic carbocycles.